The van der Waals surface area contributed by atoms with Crippen molar-refractivity contribution in [3.8, 4) is 28.6 Å². The Hall–Kier alpha value is -3.55. The van der Waals surface area contributed by atoms with Crippen molar-refractivity contribution in [3.63, 3.8) is 0 Å². The van der Waals surface area contributed by atoms with E-state index in [0.717, 1.165) is 15.8 Å². The van der Waals surface area contributed by atoms with Gasteiger partial charge in [0, 0.05) is 18.2 Å². The first-order valence-electron chi connectivity index (χ1n) is 8.49. The van der Waals surface area contributed by atoms with Gasteiger partial charge in [0.1, 0.15) is 0 Å². The van der Waals surface area contributed by atoms with Gasteiger partial charge in [-0.3, -0.25) is 9.36 Å². The minimum atomic E-state index is -0.599. The molecule has 0 bridgehead atoms. The van der Waals surface area contributed by atoms with Crippen molar-refractivity contribution >= 4 is 5.91 Å². The Labute approximate surface area is 161 Å². The van der Waals surface area contributed by atoms with Gasteiger partial charge in [0.2, 0.25) is 5.75 Å². The summed E-state index contributed by atoms with van der Waals surface area (Å²) in [5.74, 6) is 0.778. The Morgan fingerprint density at radius 1 is 0.964 bits per heavy atom. The summed E-state index contributed by atoms with van der Waals surface area (Å²) in [6.07, 6.45) is 0. The molecule has 0 spiro atoms. The number of aromatic nitrogens is 3. The summed E-state index contributed by atoms with van der Waals surface area (Å²) in [7, 11) is 5.95. The van der Waals surface area contributed by atoms with Crippen LogP contribution in [0.1, 0.15) is 15.9 Å². The largest absolute Gasteiger partial charge is 0.493 e. The number of benzene rings is 2. The van der Waals surface area contributed by atoms with Gasteiger partial charge in [-0.05, 0) is 19.1 Å². The topological polar surface area (TPSA) is 84.6 Å². The number of rotatable bonds is 5. The molecule has 28 heavy (non-hydrogen) atoms. The van der Waals surface area contributed by atoms with Crippen LogP contribution in [-0.2, 0) is 7.05 Å². The van der Waals surface area contributed by atoms with Gasteiger partial charge < -0.3 is 14.2 Å². The Bertz CT molecular complexity index is 1060. The van der Waals surface area contributed by atoms with E-state index in [9.17, 15) is 9.59 Å². The Balaban J connectivity index is 2.10. The van der Waals surface area contributed by atoms with E-state index >= 15 is 0 Å². The van der Waals surface area contributed by atoms with Gasteiger partial charge in [0.05, 0.1) is 21.3 Å². The number of hydrogen-bond acceptors (Lipinski definition) is 6. The minimum Gasteiger partial charge on any atom is -0.493 e. The lowest BCUT2D eigenvalue weighted by Gasteiger charge is -2.13. The molecule has 3 aromatic rings. The molecule has 0 amide bonds. The molecule has 0 unspecified atom stereocenters. The average Bonchev–Trinajstić information content (AvgIpc) is 3.01. The Morgan fingerprint density at radius 2 is 1.54 bits per heavy atom. The molecule has 0 saturated heterocycles. The van der Waals surface area contributed by atoms with Crippen molar-refractivity contribution in [3.05, 3.63) is 58.0 Å². The van der Waals surface area contributed by atoms with Gasteiger partial charge in [-0.2, -0.15) is 0 Å². The number of aryl methyl sites for hydroxylation is 1. The van der Waals surface area contributed by atoms with Crippen molar-refractivity contribution < 1.29 is 19.0 Å². The fourth-order valence-electron chi connectivity index (χ4n) is 2.85. The molecule has 1 aromatic heterocycles. The lowest BCUT2D eigenvalue weighted by Crippen LogP contribution is -2.29. The number of nitrogens with zero attached hydrogens (tertiary/aromatic N) is 3. The SMILES string of the molecule is COc1cc(C(=O)n2nc(-c3ccc(C)cc3)n(C)c2=O)cc(OC)c1OC. The molecule has 0 aliphatic carbocycles. The maximum Gasteiger partial charge on any atom is 0.353 e. The minimum absolute atomic E-state index is 0.185. The van der Waals surface area contributed by atoms with Gasteiger partial charge in [-0.15, -0.1) is 9.78 Å². The van der Waals surface area contributed by atoms with Crippen LogP contribution in [0.4, 0.5) is 0 Å². The van der Waals surface area contributed by atoms with E-state index in [2.05, 4.69) is 5.10 Å². The van der Waals surface area contributed by atoms with E-state index in [1.54, 1.807) is 7.05 Å². The molecular weight excluding hydrogens is 362 g/mol. The predicted octanol–water partition coefficient (Wildman–Crippen LogP) is 2.27. The van der Waals surface area contributed by atoms with Crippen molar-refractivity contribution in [2.24, 2.45) is 7.05 Å². The van der Waals surface area contributed by atoms with Crippen molar-refractivity contribution in [1.82, 2.24) is 14.3 Å². The maximum absolute atomic E-state index is 13.0. The van der Waals surface area contributed by atoms with Crippen LogP contribution in [-0.4, -0.2) is 41.6 Å². The molecule has 0 radical (unpaired) electrons. The quantitative estimate of drug-likeness (QED) is 0.672. The number of hydrogen-bond donors (Lipinski definition) is 0. The zero-order chi connectivity index (χ0) is 20.4. The van der Waals surface area contributed by atoms with Crippen LogP contribution in [0, 0.1) is 6.92 Å². The third-order valence-electron chi connectivity index (χ3n) is 4.39. The fraction of sp³-hybridized carbons (Fsp3) is 0.250. The first-order chi connectivity index (χ1) is 13.4. The molecule has 3 rings (SSSR count). The number of carbonyl (C=O) groups is 1. The fourth-order valence-corrected chi connectivity index (χ4v) is 2.85. The van der Waals surface area contributed by atoms with Gasteiger partial charge >= 0.3 is 5.69 Å². The molecule has 1 heterocycles. The lowest BCUT2D eigenvalue weighted by molar-refractivity contribution is 0.0939. The van der Waals surface area contributed by atoms with Gasteiger partial charge in [0.25, 0.3) is 5.91 Å². The van der Waals surface area contributed by atoms with Crippen LogP contribution in [0.3, 0.4) is 0 Å². The van der Waals surface area contributed by atoms with E-state index in [0.29, 0.717) is 23.1 Å². The van der Waals surface area contributed by atoms with Gasteiger partial charge in [-0.25, -0.2) is 4.79 Å². The van der Waals surface area contributed by atoms with Gasteiger partial charge in [0.15, 0.2) is 17.3 Å². The van der Waals surface area contributed by atoms with E-state index in [-0.39, 0.29) is 5.56 Å². The molecule has 8 nitrogen and oxygen atoms in total. The highest BCUT2D eigenvalue weighted by molar-refractivity contribution is 5.96. The number of ether oxygens (including phenoxy) is 3. The van der Waals surface area contributed by atoms with Crippen molar-refractivity contribution in [2.45, 2.75) is 6.92 Å². The molecule has 8 heteroatoms. The van der Waals surface area contributed by atoms with E-state index in [1.165, 1.54) is 38.0 Å². The predicted molar refractivity (Wildman–Crippen MR) is 103 cm³/mol. The third kappa shape index (κ3) is 3.24. The summed E-state index contributed by atoms with van der Waals surface area (Å²) in [6, 6.07) is 10.5. The van der Waals surface area contributed by atoms with Gasteiger partial charge in [-0.1, -0.05) is 29.8 Å². The first kappa shape index (κ1) is 19.2. The standard InChI is InChI=1S/C20H21N3O5/c1-12-6-8-13(9-7-12)18-21-23(20(25)22(18)2)19(24)14-10-15(26-3)17(28-5)16(11-14)27-4/h6-11H,1-5H3. The lowest BCUT2D eigenvalue weighted by atomic mass is 10.1. The smallest absolute Gasteiger partial charge is 0.353 e. The summed E-state index contributed by atoms with van der Waals surface area (Å²) in [5, 5.41) is 4.24. The molecule has 146 valence electrons. The maximum atomic E-state index is 13.0. The molecule has 0 aliphatic heterocycles. The highest BCUT2D eigenvalue weighted by Gasteiger charge is 2.22. The van der Waals surface area contributed by atoms with Crippen LogP contribution in [0.2, 0.25) is 0 Å². The first-order valence-corrected chi connectivity index (χ1v) is 8.49. The average molecular weight is 383 g/mol. The zero-order valence-electron chi connectivity index (χ0n) is 16.3. The molecule has 0 atom stereocenters. The van der Waals surface area contributed by atoms with E-state index in [1.807, 2.05) is 31.2 Å². The summed E-state index contributed by atoms with van der Waals surface area (Å²) < 4.78 is 18.0. The zero-order valence-corrected chi connectivity index (χ0v) is 16.3. The van der Waals surface area contributed by atoms with Crippen LogP contribution < -0.4 is 19.9 Å². The molecule has 0 N–H and O–H groups in total. The van der Waals surface area contributed by atoms with Crippen molar-refractivity contribution in [2.75, 3.05) is 21.3 Å². The van der Waals surface area contributed by atoms with Crippen molar-refractivity contribution in [1.29, 1.82) is 0 Å². The second kappa shape index (κ2) is 7.59. The molecule has 0 fully saturated rings. The second-order valence-corrected chi connectivity index (χ2v) is 6.16. The summed E-state index contributed by atoms with van der Waals surface area (Å²) in [5.41, 5.74) is 1.46. The number of carbonyl (C=O) groups excluding carboxylic acids is 1. The van der Waals surface area contributed by atoms with E-state index in [4.69, 9.17) is 14.2 Å². The third-order valence-corrected chi connectivity index (χ3v) is 4.39. The highest BCUT2D eigenvalue weighted by atomic mass is 16.5. The van der Waals surface area contributed by atoms with Crippen LogP contribution in [0.15, 0.2) is 41.2 Å². The summed E-state index contributed by atoms with van der Waals surface area (Å²) >= 11 is 0. The highest BCUT2D eigenvalue weighted by Crippen LogP contribution is 2.38. The molecular formula is C20H21N3O5. The summed E-state index contributed by atoms with van der Waals surface area (Å²) in [6.45, 7) is 1.97. The van der Waals surface area contributed by atoms with Crippen LogP contribution in [0.5, 0.6) is 17.2 Å². The van der Waals surface area contributed by atoms with Crippen LogP contribution >= 0.6 is 0 Å². The molecule has 2 aromatic carbocycles. The second-order valence-electron chi connectivity index (χ2n) is 6.16. The molecule has 0 saturated carbocycles. The normalized spacial score (nSPS) is 10.6. The Morgan fingerprint density at radius 3 is 2.04 bits per heavy atom. The van der Waals surface area contributed by atoms with E-state index < -0.39 is 11.6 Å². The van der Waals surface area contributed by atoms with Crippen LogP contribution in [0.25, 0.3) is 11.4 Å². The molecule has 0 aliphatic rings. The monoisotopic (exact) mass is 383 g/mol. The number of methoxy groups -OCH3 is 3. The Kier molecular flexibility index (Phi) is 5.21. The summed E-state index contributed by atoms with van der Waals surface area (Å²) in [4.78, 5) is 25.6.